The molecule has 0 saturated carbocycles. The van der Waals surface area contributed by atoms with Crippen LogP contribution in [0.5, 0.6) is 5.75 Å². The molecular formula is C25H23N3O2. The minimum Gasteiger partial charge on any atom is -0.422 e. The summed E-state index contributed by atoms with van der Waals surface area (Å²) in [5.74, 6) is 0.145. The van der Waals surface area contributed by atoms with Gasteiger partial charge in [0.25, 0.3) is 0 Å². The van der Waals surface area contributed by atoms with Gasteiger partial charge in [0.2, 0.25) is 0 Å². The van der Waals surface area contributed by atoms with Gasteiger partial charge in [-0.05, 0) is 49.2 Å². The minimum absolute atomic E-state index is 0.382. The van der Waals surface area contributed by atoms with Gasteiger partial charge in [-0.1, -0.05) is 24.3 Å². The predicted molar refractivity (Wildman–Crippen MR) is 123 cm³/mol. The molecule has 0 aliphatic carbocycles. The van der Waals surface area contributed by atoms with Gasteiger partial charge in [-0.2, -0.15) is 0 Å². The number of benzene rings is 3. The molecule has 0 aliphatic rings. The fourth-order valence-electron chi connectivity index (χ4n) is 4.28. The molecule has 0 fully saturated rings. The zero-order valence-electron chi connectivity index (χ0n) is 17.5. The number of hydrogen-bond donors (Lipinski definition) is 2. The Bertz CT molecular complexity index is 1440. The molecule has 2 N–H and O–H groups in total. The topological polar surface area (TPSA) is 61.1 Å². The quantitative estimate of drug-likeness (QED) is 0.303. The van der Waals surface area contributed by atoms with Crippen molar-refractivity contribution in [1.82, 2.24) is 9.97 Å². The highest BCUT2D eigenvalue weighted by Gasteiger charge is 2.20. The lowest BCUT2D eigenvalue weighted by Crippen LogP contribution is -2.12. The number of para-hydroxylation sites is 1. The molecule has 0 saturated heterocycles. The fraction of sp³-hybridized carbons (Fsp3) is 0.160. The molecule has 0 radical (unpaired) electrons. The Morgan fingerprint density at radius 3 is 2.47 bits per heavy atom. The number of aromatic amines is 2. The van der Waals surface area contributed by atoms with E-state index < -0.39 is 0 Å². The van der Waals surface area contributed by atoms with Crippen LogP contribution in [-0.2, 0) is 0 Å². The maximum absolute atomic E-state index is 13.0. The second-order valence-corrected chi connectivity index (χ2v) is 7.92. The second kappa shape index (κ2) is 6.66. The van der Waals surface area contributed by atoms with Crippen LogP contribution in [0, 0.1) is 13.8 Å². The molecule has 5 aromatic rings. The number of carbonyl (C=O) groups is 1. The van der Waals surface area contributed by atoms with Crippen molar-refractivity contribution in [1.29, 1.82) is 0 Å². The van der Waals surface area contributed by atoms with E-state index in [1.54, 1.807) is 6.07 Å². The summed E-state index contributed by atoms with van der Waals surface area (Å²) in [6, 6.07) is 17.9. The van der Waals surface area contributed by atoms with Crippen LogP contribution >= 0.6 is 0 Å². The number of ether oxygens (including phenoxy) is 1. The first kappa shape index (κ1) is 18.3. The Morgan fingerprint density at radius 2 is 1.67 bits per heavy atom. The van der Waals surface area contributed by atoms with E-state index >= 15 is 0 Å². The van der Waals surface area contributed by atoms with Crippen molar-refractivity contribution in [2.75, 3.05) is 19.0 Å². The van der Waals surface area contributed by atoms with Crippen molar-refractivity contribution in [3.63, 3.8) is 0 Å². The maximum atomic E-state index is 13.0. The number of fused-ring (bicyclic) bond motifs is 4. The maximum Gasteiger partial charge on any atom is 0.360 e. The highest BCUT2D eigenvalue weighted by atomic mass is 16.5. The summed E-state index contributed by atoms with van der Waals surface area (Å²) in [5.41, 5.74) is 6.64. The molecule has 5 nitrogen and oxygen atoms in total. The number of aryl methyl sites for hydroxylation is 2. The van der Waals surface area contributed by atoms with Gasteiger partial charge in [-0.25, -0.2) is 4.79 Å². The van der Waals surface area contributed by atoms with Crippen molar-refractivity contribution < 1.29 is 9.53 Å². The number of rotatable bonds is 3. The van der Waals surface area contributed by atoms with E-state index in [1.807, 2.05) is 56.3 Å². The SMILES string of the molecule is Cc1c(C(=O)Oc2cccc(N(C)C)c2)[nH]c2cc3c([nH]c4ccccc43)c(C)c12. The summed E-state index contributed by atoms with van der Waals surface area (Å²) in [6.45, 7) is 4.06. The summed E-state index contributed by atoms with van der Waals surface area (Å²) in [6.07, 6.45) is 0. The lowest BCUT2D eigenvalue weighted by molar-refractivity contribution is 0.0729. The second-order valence-electron chi connectivity index (χ2n) is 7.92. The number of carbonyl (C=O) groups excluding carboxylic acids is 1. The van der Waals surface area contributed by atoms with Gasteiger partial charge in [0.15, 0.2) is 0 Å². The molecule has 3 aromatic carbocycles. The molecule has 0 atom stereocenters. The molecule has 5 rings (SSSR count). The average Bonchev–Trinajstić information content (AvgIpc) is 3.27. The van der Waals surface area contributed by atoms with Gasteiger partial charge in [-0.3, -0.25) is 0 Å². The Balaban J connectivity index is 1.61. The summed E-state index contributed by atoms with van der Waals surface area (Å²) in [4.78, 5) is 21.8. The molecule has 0 bridgehead atoms. The summed E-state index contributed by atoms with van der Waals surface area (Å²) < 4.78 is 5.69. The third-order valence-electron chi connectivity index (χ3n) is 5.81. The van der Waals surface area contributed by atoms with Gasteiger partial charge in [0, 0.05) is 53.0 Å². The average molecular weight is 397 g/mol. The van der Waals surface area contributed by atoms with E-state index in [4.69, 9.17) is 4.74 Å². The Morgan fingerprint density at radius 1 is 0.867 bits per heavy atom. The normalized spacial score (nSPS) is 11.5. The van der Waals surface area contributed by atoms with Gasteiger partial charge >= 0.3 is 5.97 Å². The molecule has 0 unspecified atom stereocenters. The largest absolute Gasteiger partial charge is 0.422 e. The van der Waals surface area contributed by atoms with Crippen LogP contribution in [-0.4, -0.2) is 30.0 Å². The van der Waals surface area contributed by atoms with Crippen molar-refractivity contribution in [3.05, 3.63) is 71.4 Å². The van der Waals surface area contributed by atoms with E-state index in [2.05, 4.69) is 35.1 Å². The first-order valence-corrected chi connectivity index (χ1v) is 9.96. The molecule has 0 amide bonds. The first-order chi connectivity index (χ1) is 14.4. The van der Waals surface area contributed by atoms with E-state index in [0.29, 0.717) is 11.4 Å². The van der Waals surface area contributed by atoms with E-state index in [0.717, 1.165) is 44.1 Å². The van der Waals surface area contributed by atoms with Crippen LogP contribution in [0.3, 0.4) is 0 Å². The number of aromatic nitrogens is 2. The molecule has 2 heterocycles. The molecule has 0 aliphatic heterocycles. The van der Waals surface area contributed by atoms with Crippen LogP contribution < -0.4 is 9.64 Å². The summed E-state index contributed by atoms with van der Waals surface area (Å²) >= 11 is 0. The van der Waals surface area contributed by atoms with Crippen molar-refractivity contribution in [3.8, 4) is 5.75 Å². The first-order valence-electron chi connectivity index (χ1n) is 9.96. The van der Waals surface area contributed by atoms with Crippen molar-refractivity contribution >= 4 is 44.4 Å². The van der Waals surface area contributed by atoms with Crippen LogP contribution in [0.4, 0.5) is 5.69 Å². The minimum atomic E-state index is -0.382. The molecule has 2 aromatic heterocycles. The lowest BCUT2D eigenvalue weighted by atomic mass is 10.0. The number of anilines is 1. The van der Waals surface area contributed by atoms with E-state index in [1.165, 1.54) is 5.39 Å². The number of hydrogen-bond acceptors (Lipinski definition) is 3. The van der Waals surface area contributed by atoms with Crippen LogP contribution in [0.2, 0.25) is 0 Å². The molecule has 0 spiro atoms. The van der Waals surface area contributed by atoms with Gasteiger partial charge < -0.3 is 19.6 Å². The number of nitrogens with zero attached hydrogens (tertiary/aromatic N) is 1. The Kier molecular flexibility index (Phi) is 4.07. The predicted octanol–water partition coefficient (Wildman–Crippen LogP) is 5.70. The standard InChI is InChI=1S/C25H23N3O2/c1-14-22-15(2)24(25(29)30-17-9-7-8-16(12-17)28(3)4)27-21(22)13-19-18-10-5-6-11-20(18)26-23(14)19/h5-13,26-27H,1-4H3. The van der Waals surface area contributed by atoms with Crippen LogP contribution in [0.1, 0.15) is 21.6 Å². The number of esters is 1. The van der Waals surface area contributed by atoms with Crippen LogP contribution in [0.25, 0.3) is 32.7 Å². The zero-order valence-corrected chi connectivity index (χ0v) is 17.5. The van der Waals surface area contributed by atoms with Crippen molar-refractivity contribution in [2.45, 2.75) is 13.8 Å². The number of nitrogens with one attached hydrogen (secondary N) is 2. The third-order valence-corrected chi connectivity index (χ3v) is 5.81. The zero-order chi connectivity index (χ0) is 21.0. The highest BCUT2D eigenvalue weighted by Crippen LogP contribution is 2.35. The van der Waals surface area contributed by atoms with Gasteiger partial charge in [-0.15, -0.1) is 0 Å². The summed E-state index contributed by atoms with van der Waals surface area (Å²) in [7, 11) is 3.91. The van der Waals surface area contributed by atoms with Crippen molar-refractivity contribution in [2.24, 2.45) is 0 Å². The number of H-pyrrole nitrogens is 2. The monoisotopic (exact) mass is 397 g/mol. The molecular weight excluding hydrogens is 374 g/mol. The van der Waals surface area contributed by atoms with Gasteiger partial charge in [0.1, 0.15) is 11.4 Å². The molecule has 5 heteroatoms. The lowest BCUT2D eigenvalue weighted by Gasteiger charge is -2.13. The molecule has 30 heavy (non-hydrogen) atoms. The highest BCUT2D eigenvalue weighted by molar-refractivity contribution is 6.15. The van der Waals surface area contributed by atoms with Gasteiger partial charge in [0.05, 0.1) is 5.52 Å². The molecule has 150 valence electrons. The Labute approximate surface area is 174 Å². The van der Waals surface area contributed by atoms with Crippen LogP contribution in [0.15, 0.2) is 54.6 Å². The fourth-order valence-corrected chi connectivity index (χ4v) is 4.28. The summed E-state index contributed by atoms with van der Waals surface area (Å²) in [5, 5.41) is 3.38. The third kappa shape index (κ3) is 2.74. The van der Waals surface area contributed by atoms with E-state index in [-0.39, 0.29) is 5.97 Å². The Hall–Kier alpha value is -3.73. The smallest absolute Gasteiger partial charge is 0.360 e. The van der Waals surface area contributed by atoms with E-state index in [9.17, 15) is 4.79 Å².